The highest BCUT2D eigenvalue weighted by Crippen LogP contribution is 2.33. The number of nitrogens with zero attached hydrogens (tertiary/aromatic N) is 1. The normalized spacial score (nSPS) is 15.2. The second-order valence-corrected chi connectivity index (χ2v) is 6.32. The maximum Gasteiger partial charge on any atom is 0.262 e. The Morgan fingerprint density at radius 3 is 2.57 bits per heavy atom. The molecule has 0 aromatic heterocycles. The summed E-state index contributed by atoms with van der Waals surface area (Å²) >= 11 is 0. The van der Waals surface area contributed by atoms with Crippen molar-refractivity contribution in [1.82, 2.24) is 5.32 Å². The van der Waals surface area contributed by atoms with E-state index in [1.807, 2.05) is 42.5 Å². The molecule has 7 nitrogen and oxygen atoms in total. The number of hydrogen-bond donors (Lipinski definition) is 1. The summed E-state index contributed by atoms with van der Waals surface area (Å²) in [4.78, 5) is 26.4. The molecule has 148 valence electrons. The third-order valence-electron chi connectivity index (χ3n) is 4.48. The van der Waals surface area contributed by atoms with Crippen LogP contribution in [0, 0.1) is 0 Å². The number of rotatable bonds is 7. The number of benzene rings is 2. The minimum Gasteiger partial charge on any atom is -0.497 e. The quantitative estimate of drug-likeness (QED) is 0.742. The van der Waals surface area contributed by atoms with Crippen LogP contribution in [0.25, 0.3) is 0 Å². The molecular weight excluding hydrogens is 360 g/mol. The van der Waals surface area contributed by atoms with Gasteiger partial charge in [-0.3, -0.25) is 9.59 Å². The average Bonchev–Trinajstić information content (AvgIpc) is 2.75. The Morgan fingerprint density at radius 1 is 1.14 bits per heavy atom. The fraction of sp³-hybridized carbons (Fsp3) is 0.333. The fourth-order valence-electron chi connectivity index (χ4n) is 2.99. The highest BCUT2D eigenvalue weighted by molar-refractivity contribution is 5.97. The molecule has 2 aromatic carbocycles. The first-order valence-electron chi connectivity index (χ1n) is 9.17. The van der Waals surface area contributed by atoms with Crippen LogP contribution in [0.2, 0.25) is 0 Å². The van der Waals surface area contributed by atoms with E-state index >= 15 is 0 Å². The summed E-state index contributed by atoms with van der Waals surface area (Å²) in [5.74, 6) is 1.70. The first-order chi connectivity index (χ1) is 13.6. The molecule has 1 atom stereocenters. The molecule has 2 amide bonds. The summed E-state index contributed by atoms with van der Waals surface area (Å²) in [6.07, 6.45) is 0.152. The van der Waals surface area contributed by atoms with Gasteiger partial charge in [-0.1, -0.05) is 12.1 Å². The van der Waals surface area contributed by atoms with Crippen molar-refractivity contribution < 1.29 is 23.8 Å². The summed E-state index contributed by atoms with van der Waals surface area (Å²) in [7, 11) is 3.16. The van der Waals surface area contributed by atoms with Crippen LogP contribution < -0.4 is 24.4 Å². The summed E-state index contributed by atoms with van der Waals surface area (Å²) in [6.45, 7) is 0.609. The number of anilines is 1. The summed E-state index contributed by atoms with van der Waals surface area (Å²) < 4.78 is 16.5. The highest BCUT2D eigenvalue weighted by atomic mass is 16.5. The molecule has 0 unspecified atom stereocenters. The maximum atomic E-state index is 12.8. The van der Waals surface area contributed by atoms with E-state index in [-0.39, 0.29) is 18.4 Å². The Bertz CT molecular complexity index is 822. The van der Waals surface area contributed by atoms with Crippen molar-refractivity contribution in [1.29, 1.82) is 0 Å². The SMILES string of the molecule is CNC(=O)[C@@H]1CN(C(=O)CCCOc2ccc(OC)cc2)c2ccccc2O1. The molecule has 3 rings (SSSR count). The van der Waals surface area contributed by atoms with Gasteiger partial charge >= 0.3 is 0 Å². The molecule has 1 heterocycles. The topological polar surface area (TPSA) is 77.1 Å². The zero-order valence-electron chi connectivity index (χ0n) is 16.0. The lowest BCUT2D eigenvalue weighted by Crippen LogP contribution is -2.50. The van der Waals surface area contributed by atoms with E-state index in [9.17, 15) is 9.59 Å². The first kappa shape index (κ1) is 19.5. The lowest BCUT2D eigenvalue weighted by molar-refractivity contribution is -0.128. The summed E-state index contributed by atoms with van der Waals surface area (Å²) in [6, 6.07) is 14.5. The van der Waals surface area contributed by atoms with Crippen LogP contribution in [-0.2, 0) is 9.59 Å². The molecule has 0 radical (unpaired) electrons. The van der Waals surface area contributed by atoms with E-state index in [0.717, 1.165) is 11.5 Å². The molecule has 1 N–H and O–H groups in total. The predicted molar refractivity (Wildman–Crippen MR) is 105 cm³/mol. The second-order valence-electron chi connectivity index (χ2n) is 6.32. The maximum absolute atomic E-state index is 12.8. The van der Waals surface area contributed by atoms with E-state index in [1.165, 1.54) is 0 Å². The molecule has 2 aromatic rings. The standard InChI is InChI=1S/C21H24N2O5/c1-22-21(25)19-14-23(17-6-3-4-7-18(17)28-19)20(24)8-5-13-27-16-11-9-15(26-2)10-12-16/h3-4,6-7,9-12,19H,5,8,13-14H2,1-2H3,(H,22,25)/t19-/m0/s1. The molecule has 0 fully saturated rings. The van der Waals surface area contributed by atoms with E-state index in [0.29, 0.717) is 30.9 Å². The van der Waals surface area contributed by atoms with Gasteiger partial charge in [0.05, 0.1) is 25.9 Å². The number of methoxy groups -OCH3 is 1. The smallest absolute Gasteiger partial charge is 0.262 e. The Kier molecular flexibility index (Phi) is 6.37. The number of likely N-dealkylation sites (N-methyl/N-ethyl adjacent to an activating group) is 1. The largest absolute Gasteiger partial charge is 0.497 e. The Labute approximate surface area is 164 Å². The number of amides is 2. The van der Waals surface area contributed by atoms with E-state index in [4.69, 9.17) is 14.2 Å². The number of fused-ring (bicyclic) bond motifs is 1. The van der Waals surface area contributed by atoms with E-state index in [2.05, 4.69) is 5.32 Å². The zero-order chi connectivity index (χ0) is 19.9. The monoisotopic (exact) mass is 384 g/mol. The lowest BCUT2D eigenvalue weighted by Gasteiger charge is -2.34. The van der Waals surface area contributed by atoms with E-state index in [1.54, 1.807) is 25.1 Å². The van der Waals surface area contributed by atoms with Crippen LogP contribution in [-0.4, -0.2) is 45.2 Å². The van der Waals surface area contributed by atoms with Gasteiger partial charge in [-0.2, -0.15) is 0 Å². The van der Waals surface area contributed by atoms with E-state index < -0.39 is 6.10 Å². The van der Waals surface area contributed by atoms with Crippen LogP contribution >= 0.6 is 0 Å². The molecule has 1 aliphatic rings. The molecule has 0 bridgehead atoms. The molecule has 0 spiro atoms. The molecule has 7 heteroatoms. The molecule has 0 saturated heterocycles. The first-order valence-corrected chi connectivity index (χ1v) is 9.17. The van der Waals surface area contributed by atoms with Crippen molar-refractivity contribution in [3.63, 3.8) is 0 Å². The lowest BCUT2D eigenvalue weighted by atomic mass is 10.1. The third-order valence-corrected chi connectivity index (χ3v) is 4.48. The summed E-state index contributed by atoms with van der Waals surface area (Å²) in [5.41, 5.74) is 0.684. The van der Waals surface area contributed by atoms with Crippen LogP contribution in [0.15, 0.2) is 48.5 Å². The van der Waals surface area contributed by atoms with Gasteiger partial charge in [-0.25, -0.2) is 0 Å². The third kappa shape index (κ3) is 4.54. The Hall–Kier alpha value is -3.22. The average molecular weight is 384 g/mol. The minimum atomic E-state index is -0.723. The van der Waals surface area contributed by atoms with Gasteiger partial charge in [-0.05, 0) is 42.8 Å². The van der Waals surface area contributed by atoms with Gasteiger partial charge in [0.1, 0.15) is 17.2 Å². The zero-order valence-corrected chi connectivity index (χ0v) is 16.0. The van der Waals surface area contributed by atoms with Crippen LogP contribution in [0.4, 0.5) is 5.69 Å². The van der Waals surface area contributed by atoms with Gasteiger partial charge in [0, 0.05) is 13.5 Å². The van der Waals surface area contributed by atoms with Crippen LogP contribution in [0.3, 0.4) is 0 Å². The summed E-state index contributed by atoms with van der Waals surface area (Å²) in [5, 5.41) is 2.57. The molecule has 0 saturated carbocycles. The van der Waals surface area contributed by atoms with Crippen LogP contribution in [0.1, 0.15) is 12.8 Å². The van der Waals surface area contributed by atoms with Gasteiger partial charge in [0.15, 0.2) is 6.10 Å². The van der Waals surface area contributed by atoms with Crippen molar-refractivity contribution in [3.05, 3.63) is 48.5 Å². The number of ether oxygens (including phenoxy) is 3. The highest BCUT2D eigenvalue weighted by Gasteiger charge is 2.32. The molecule has 0 aliphatic carbocycles. The van der Waals surface area contributed by atoms with Crippen molar-refractivity contribution in [2.45, 2.75) is 18.9 Å². The molecule has 1 aliphatic heterocycles. The van der Waals surface area contributed by atoms with Crippen molar-refractivity contribution >= 4 is 17.5 Å². The van der Waals surface area contributed by atoms with Gasteiger partial charge < -0.3 is 24.4 Å². The van der Waals surface area contributed by atoms with Gasteiger partial charge in [0.2, 0.25) is 5.91 Å². The van der Waals surface area contributed by atoms with Gasteiger partial charge in [0.25, 0.3) is 5.91 Å². The number of carbonyl (C=O) groups is 2. The fourth-order valence-corrected chi connectivity index (χ4v) is 2.99. The van der Waals surface area contributed by atoms with Crippen molar-refractivity contribution in [2.24, 2.45) is 0 Å². The number of para-hydroxylation sites is 2. The number of hydrogen-bond acceptors (Lipinski definition) is 5. The minimum absolute atomic E-state index is 0.0667. The number of nitrogens with one attached hydrogen (secondary N) is 1. The van der Waals surface area contributed by atoms with Crippen LogP contribution in [0.5, 0.6) is 17.2 Å². The number of carbonyl (C=O) groups excluding carboxylic acids is 2. The molecular formula is C21H24N2O5. The predicted octanol–water partition coefficient (Wildman–Crippen LogP) is 2.39. The van der Waals surface area contributed by atoms with Crippen molar-refractivity contribution in [3.8, 4) is 17.2 Å². The Balaban J connectivity index is 1.57. The second kappa shape index (κ2) is 9.12. The molecule has 28 heavy (non-hydrogen) atoms. The van der Waals surface area contributed by atoms with Gasteiger partial charge in [-0.15, -0.1) is 0 Å². The Morgan fingerprint density at radius 2 is 1.86 bits per heavy atom. The van der Waals surface area contributed by atoms with Crippen molar-refractivity contribution in [2.75, 3.05) is 32.2 Å².